The van der Waals surface area contributed by atoms with Crippen molar-refractivity contribution in [3.8, 4) is 0 Å². The average Bonchev–Trinajstić information content (AvgIpc) is 2.70. The highest BCUT2D eigenvalue weighted by Crippen LogP contribution is 2.35. The molecule has 0 atom stereocenters. The molecule has 0 aromatic heterocycles. The molecule has 100 valence electrons. The Morgan fingerprint density at radius 3 is 2.32 bits per heavy atom. The third kappa shape index (κ3) is 1.81. The number of rotatable bonds is 2. The summed E-state index contributed by atoms with van der Waals surface area (Å²) in [5, 5.41) is 2.35. The first-order valence-electron chi connectivity index (χ1n) is 5.26. The van der Waals surface area contributed by atoms with E-state index in [1.165, 1.54) is 12.1 Å². The molecule has 0 unspecified atom stereocenters. The van der Waals surface area contributed by atoms with Gasteiger partial charge in [-0.25, -0.2) is 9.59 Å². The van der Waals surface area contributed by atoms with Crippen LogP contribution < -0.4 is 5.32 Å². The molecule has 1 aliphatic rings. The van der Waals surface area contributed by atoms with Crippen LogP contribution in [0, 0.1) is 0 Å². The Balaban J connectivity index is 2.72. The van der Waals surface area contributed by atoms with Gasteiger partial charge in [0.25, 0.3) is 11.4 Å². The molecule has 1 N–H and O–H groups in total. The van der Waals surface area contributed by atoms with E-state index in [4.69, 9.17) is 0 Å². The van der Waals surface area contributed by atoms with Gasteiger partial charge in [-0.2, -0.15) is 0 Å². The quantitative estimate of drug-likeness (QED) is 0.639. The molecule has 0 spiro atoms. The van der Waals surface area contributed by atoms with Gasteiger partial charge >= 0.3 is 11.9 Å². The number of ether oxygens (including phenoxy) is 2. The molecule has 0 saturated carbocycles. The van der Waals surface area contributed by atoms with E-state index in [1.807, 2.05) is 0 Å². The van der Waals surface area contributed by atoms with Gasteiger partial charge in [0.05, 0.1) is 14.2 Å². The summed E-state index contributed by atoms with van der Waals surface area (Å²) < 4.78 is 9.90. The van der Waals surface area contributed by atoms with Crippen LogP contribution in [0.1, 0.15) is 15.9 Å². The summed E-state index contributed by atoms with van der Waals surface area (Å²) in [4.78, 5) is 35.9. The average molecular weight is 328 g/mol. The smallest absolute Gasteiger partial charge is 0.348 e. The summed E-state index contributed by atoms with van der Waals surface area (Å²) >= 11 is 3.24. The maximum atomic E-state index is 12.0. The highest BCUT2D eigenvalue weighted by atomic mass is 79.9. The van der Waals surface area contributed by atoms with E-state index >= 15 is 0 Å². The van der Waals surface area contributed by atoms with Crippen molar-refractivity contribution in [3.05, 3.63) is 33.8 Å². The van der Waals surface area contributed by atoms with Gasteiger partial charge in [0.2, 0.25) is 0 Å². The van der Waals surface area contributed by atoms with Gasteiger partial charge in [0.1, 0.15) is 0 Å². The van der Waals surface area contributed by atoms with E-state index in [9.17, 15) is 14.4 Å². The topological polar surface area (TPSA) is 81.7 Å². The van der Waals surface area contributed by atoms with Crippen LogP contribution in [0.3, 0.4) is 0 Å². The van der Waals surface area contributed by atoms with Crippen LogP contribution in [0.15, 0.2) is 22.7 Å². The number of amides is 1. The van der Waals surface area contributed by atoms with E-state index in [0.717, 1.165) is 14.2 Å². The highest BCUT2D eigenvalue weighted by molar-refractivity contribution is 9.10. The van der Waals surface area contributed by atoms with E-state index in [1.54, 1.807) is 6.07 Å². The second kappa shape index (κ2) is 4.65. The Morgan fingerprint density at radius 1 is 1.21 bits per heavy atom. The van der Waals surface area contributed by atoms with Gasteiger partial charge in [-0.3, -0.25) is 4.79 Å². The lowest BCUT2D eigenvalue weighted by molar-refractivity contribution is -0.163. The molecule has 0 aliphatic carbocycles. The molecule has 0 saturated heterocycles. The predicted molar refractivity (Wildman–Crippen MR) is 67.3 cm³/mol. The number of esters is 2. The fourth-order valence-electron chi connectivity index (χ4n) is 2.04. The molecule has 7 heteroatoms. The Labute approximate surface area is 117 Å². The second-order valence-electron chi connectivity index (χ2n) is 3.88. The molecule has 2 rings (SSSR count). The van der Waals surface area contributed by atoms with E-state index < -0.39 is 23.4 Å². The lowest BCUT2D eigenvalue weighted by atomic mass is 9.90. The minimum absolute atomic E-state index is 0.213. The monoisotopic (exact) mass is 327 g/mol. The highest BCUT2D eigenvalue weighted by Gasteiger charge is 2.57. The van der Waals surface area contributed by atoms with Crippen LogP contribution >= 0.6 is 15.9 Å². The van der Waals surface area contributed by atoms with Crippen molar-refractivity contribution >= 4 is 33.8 Å². The molecule has 1 heterocycles. The van der Waals surface area contributed by atoms with Gasteiger partial charge in [-0.1, -0.05) is 15.9 Å². The van der Waals surface area contributed by atoms with Gasteiger partial charge < -0.3 is 14.8 Å². The fourth-order valence-corrected chi connectivity index (χ4v) is 2.40. The normalized spacial score (nSPS) is 15.4. The molecular weight excluding hydrogens is 318 g/mol. The van der Waals surface area contributed by atoms with Gasteiger partial charge in [0.15, 0.2) is 0 Å². The summed E-state index contributed by atoms with van der Waals surface area (Å²) in [7, 11) is 2.27. The number of halogens is 1. The van der Waals surface area contributed by atoms with Gasteiger partial charge in [-0.15, -0.1) is 0 Å². The zero-order valence-electron chi connectivity index (χ0n) is 10.2. The van der Waals surface area contributed by atoms with Crippen molar-refractivity contribution in [1.29, 1.82) is 0 Å². The van der Waals surface area contributed by atoms with Crippen molar-refractivity contribution < 1.29 is 23.9 Å². The molecule has 0 radical (unpaired) electrons. The van der Waals surface area contributed by atoms with E-state index in [0.29, 0.717) is 4.47 Å². The molecule has 1 aliphatic heterocycles. The van der Waals surface area contributed by atoms with E-state index in [2.05, 4.69) is 30.7 Å². The van der Waals surface area contributed by atoms with E-state index in [-0.39, 0.29) is 11.1 Å². The summed E-state index contributed by atoms with van der Waals surface area (Å²) in [6, 6.07) is 4.67. The summed E-state index contributed by atoms with van der Waals surface area (Å²) in [5.41, 5.74) is -1.50. The van der Waals surface area contributed by atoms with Crippen LogP contribution in [-0.4, -0.2) is 32.1 Å². The van der Waals surface area contributed by atoms with Crippen molar-refractivity contribution in [2.75, 3.05) is 14.2 Å². The molecule has 0 fully saturated rings. The van der Waals surface area contributed by atoms with Crippen molar-refractivity contribution in [2.45, 2.75) is 5.54 Å². The zero-order valence-corrected chi connectivity index (χ0v) is 11.7. The van der Waals surface area contributed by atoms with Gasteiger partial charge in [-0.05, 0) is 18.2 Å². The van der Waals surface area contributed by atoms with Crippen molar-refractivity contribution in [3.63, 3.8) is 0 Å². The molecule has 1 aromatic rings. The molecule has 19 heavy (non-hydrogen) atoms. The minimum atomic E-state index is -1.94. The van der Waals surface area contributed by atoms with Crippen LogP contribution in [0.2, 0.25) is 0 Å². The van der Waals surface area contributed by atoms with Crippen LogP contribution in [0.5, 0.6) is 0 Å². The van der Waals surface area contributed by atoms with Crippen LogP contribution in [-0.2, 0) is 24.6 Å². The number of benzene rings is 1. The second-order valence-corrected chi connectivity index (χ2v) is 4.79. The molecule has 1 amide bonds. The third-order valence-corrected chi connectivity index (χ3v) is 3.41. The number of carbonyl (C=O) groups excluding carboxylic acids is 3. The Hall–Kier alpha value is -1.89. The van der Waals surface area contributed by atoms with Crippen LogP contribution in [0.25, 0.3) is 0 Å². The number of hydrogen-bond acceptors (Lipinski definition) is 5. The lowest BCUT2D eigenvalue weighted by Gasteiger charge is -2.24. The number of methoxy groups -OCH3 is 2. The van der Waals surface area contributed by atoms with Crippen LogP contribution in [0.4, 0.5) is 0 Å². The first-order valence-corrected chi connectivity index (χ1v) is 6.06. The number of fused-ring (bicyclic) bond motifs is 1. The molecule has 6 nitrogen and oxygen atoms in total. The summed E-state index contributed by atoms with van der Waals surface area (Å²) in [6.07, 6.45) is 0. The maximum absolute atomic E-state index is 12.0. The van der Waals surface area contributed by atoms with Gasteiger partial charge in [0, 0.05) is 15.6 Å². The summed E-state index contributed by atoms with van der Waals surface area (Å²) in [5.74, 6) is -2.33. The molecular formula is C12H10BrNO5. The standard InChI is InChI=1S/C12H10BrNO5/c1-18-10(16)12(11(17)19-2)8-5-6(13)3-4-7(8)9(15)14-12/h3-5H,1-2H3,(H,14,15). The summed E-state index contributed by atoms with van der Waals surface area (Å²) in [6.45, 7) is 0. The fraction of sp³-hybridized carbons (Fsp3) is 0.250. The first-order chi connectivity index (χ1) is 8.97. The number of hydrogen-bond donors (Lipinski definition) is 1. The predicted octanol–water partition coefficient (Wildman–Crippen LogP) is 0.734. The van der Waals surface area contributed by atoms with Crippen molar-refractivity contribution in [1.82, 2.24) is 5.32 Å². The zero-order chi connectivity index (χ0) is 14.2. The molecule has 1 aromatic carbocycles. The Bertz CT molecular complexity index is 567. The van der Waals surface area contributed by atoms with Crippen molar-refractivity contribution in [2.24, 2.45) is 0 Å². The first kappa shape index (κ1) is 13.5. The molecule has 0 bridgehead atoms. The Morgan fingerprint density at radius 2 is 1.79 bits per heavy atom. The minimum Gasteiger partial charge on any atom is -0.467 e. The number of carbonyl (C=O) groups is 3. The SMILES string of the molecule is COC(=O)C1(C(=O)OC)NC(=O)c2ccc(Br)cc21. The maximum Gasteiger partial charge on any atom is 0.348 e. The Kier molecular flexibility index (Phi) is 3.32. The lowest BCUT2D eigenvalue weighted by Crippen LogP contribution is -2.54. The number of nitrogens with one attached hydrogen (secondary N) is 1. The largest absolute Gasteiger partial charge is 0.467 e. The third-order valence-electron chi connectivity index (χ3n) is 2.91.